The second-order valence-electron chi connectivity index (χ2n) is 5.67. The first-order valence-corrected chi connectivity index (χ1v) is 6.29. The maximum atomic E-state index is 3.70. The molecule has 1 saturated carbocycles. The predicted octanol–water partition coefficient (Wildman–Crippen LogP) is 1.37. The van der Waals surface area contributed by atoms with Gasteiger partial charge < -0.3 is 10.6 Å². The van der Waals surface area contributed by atoms with Crippen LogP contribution in [0.15, 0.2) is 0 Å². The first kappa shape index (κ1) is 9.17. The van der Waals surface area contributed by atoms with Gasteiger partial charge in [-0.2, -0.15) is 0 Å². The van der Waals surface area contributed by atoms with Crippen LogP contribution in [0.2, 0.25) is 0 Å². The standard InChI is InChI=1S/C12H22N2/c1-8-4-9(8)6-13-7-10-5-11-2-3-12(10)14-11/h8-14H,2-7H2,1H3. The normalized spacial score (nSPS) is 49.9. The molecule has 2 heterocycles. The van der Waals surface area contributed by atoms with Crippen molar-refractivity contribution in [2.75, 3.05) is 13.1 Å². The zero-order chi connectivity index (χ0) is 9.54. The molecular formula is C12H22N2. The van der Waals surface area contributed by atoms with Gasteiger partial charge in [0.2, 0.25) is 0 Å². The monoisotopic (exact) mass is 194 g/mol. The van der Waals surface area contributed by atoms with Crippen molar-refractivity contribution in [3.05, 3.63) is 0 Å². The molecule has 2 N–H and O–H groups in total. The third kappa shape index (κ3) is 1.70. The Morgan fingerprint density at radius 2 is 1.93 bits per heavy atom. The van der Waals surface area contributed by atoms with Crippen LogP contribution in [0.1, 0.15) is 32.6 Å². The number of hydrogen-bond acceptors (Lipinski definition) is 2. The molecule has 0 amide bonds. The first-order chi connectivity index (χ1) is 6.83. The lowest BCUT2D eigenvalue weighted by Crippen LogP contribution is -2.32. The lowest BCUT2D eigenvalue weighted by molar-refractivity contribution is 0.380. The molecule has 0 aromatic rings. The minimum Gasteiger partial charge on any atom is -0.316 e. The van der Waals surface area contributed by atoms with Crippen LogP contribution in [0.25, 0.3) is 0 Å². The molecular weight excluding hydrogens is 172 g/mol. The van der Waals surface area contributed by atoms with Crippen molar-refractivity contribution in [2.24, 2.45) is 17.8 Å². The summed E-state index contributed by atoms with van der Waals surface area (Å²) in [5.74, 6) is 2.94. The molecule has 3 aliphatic rings. The fraction of sp³-hybridized carbons (Fsp3) is 1.00. The zero-order valence-corrected chi connectivity index (χ0v) is 9.13. The molecule has 3 rings (SSSR count). The van der Waals surface area contributed by atoms with Gasteiger partial charge >= 0.3 is 0 Å². The molecule has 2 nitrogen and oxygen atoms in total. The Morgan fingerprint density at radius 1 is 1.14 bits per heavy atom. The summed E-state index contributed by atoms with van der Waals surface area (Å²) in [5, 5.41) is 7.36. The van der Waals surface area contributed by atoms with E-state index in [0.717, 1.165) is 29.8 Å². The average molecular weight is 194 g/mol. The van der Waals surface area contributed by atoms with Gasteiger partial charge in [-0.3, -0.25) is 0 Å². The van der Waals surface area contributed by atoms with Crippen molar-refractivity contribution in [1.29, 1.82) is 0 Å². The van der Waals surface area contributed by atoms with Gasteiger partial charge in [-0.25, -0.2) is 0 Å². The second kappa shape index (κ2) is 3.49. The molecule has 2 aliphatic heterocycles. The maximum Gasteiger partial charge on any atom is 0.0111 e. The van der Waals surface area contributed by atoms with E-state index in [1.54, 1.807) is 0 Å². The van der Waals surface area contributed by atoms with E-state index >= 15 is 0 Å². The fourth-order valence-electron chi connectivity index (χ4n) is 3.30. The Labute approximate surface area is 86.8 Å². The highest BCUT2D eigenvalue weighted by Gasteiger charge is 2.39. The molecule has 0 aromatic carbocycles. The summed E-state index contributed by atoms with van der Waals surface area (Å²) in [5.41, 5.74) is 0. The summed E-state index contributed by atoms with van der Waals surface area (Å²) in [4.78, 5) is 0. The highest BCUT2D eigenvalue weighted by molar-refractivity contribution is 4.98. The summed E-state index contributed by atoms with van der Waals surface area (Å²) in [7, 11) is 0. The van der Waals surface area contributed by atoms with E-state index in [0.29, 0.717) is 0 Å². The van der Waals surface area contributed by atoms with E-state index < -0.39 is 0 Å². The number of hydrogen-bond donors (Lipinski definition) is 2. The van der Waals surface area contributed by atoms with Crippen LogP contribution >= 0.6 is 0 Å². The minimum atomic E-state index is 0.851. The Kier molecular flexibility index (Phi) is 2.29. The Morgan fingerprint density at radius 3 is 2.50 bits per heavy atom. The van der Waals surface area contributed by atoms with Gasteiger partial charge in [0.05, 0.1) is 0 Å². The summed E-state index contributed by atoms with van der Waals surface area (Å²) in [6.45, 7) is 4.90. The predicted molar refractivity (Wildman–Crippen MR) is 58.2 cm³/mol. The van der Waals surface area contributed by atoms with Gasteiger partial charge in [0.1, 0.15) is 0 Å². The van der Waals surface area contributed by atoms with Crippen LogP contribution in [0.5, 0.6) is 0 Å². The van der Waals surface area contributed by atoms with E-state index in [2.05, 4.69) is 17.6 Å². The van der Waals surface area contributed by atoms with E-state index in [1.165, 1.54) is 38.8 Å². The third-order valence-electron chi connectivity index (χ3n) is 4.52. The van der Waals surface area contributed by atoms with Crippen LogP contribution in [-0.2, 0) is 0 Å². The van der Waals surface area contributed by atoms with Gasteiger partial charge in [-0.15, -0.1) is 0 Å². The molecule has 2 heteroatoms. The van der Waals surface area contributed by atoms with Gasteiger partial charge in [-0.1, -0.05) is 6.92 Å². The summed E-state index contributed by atoms with van der Waals surface area (Å²) < 4.78 is 0. The average Bonchev–Trinajstić information content (AvgIpc) is 2.66. The van der Waals surface area contributed by atoms with Crippen molar-refractivity contribution in [2.45, 2.75) is 44.7 Å². The summed E-state index contributed by atoms with van der Waals surface area (Å²) >= 11 is 0. The van der Waals surface area contributed by atoms with Crippen LogP contribution in [0, 0.1) is 17.8 Å². The quantitative estimate of drug-likeness (QED) is 0.706. The van der Waals surface area contributed by atoms with Crippen LogP contribution < -0.4 is 10.6 Å². The summed E-state index contributed by atoms with van der Waals surface area (Å²) in [6.07, 6.45) is 5.75. The molecule has 14 heavy (non-hydrogen) atoms. The molecule has 80 valence electrons. The zero-order valence-electron chi connectivity index (χ0n) is 9.13. The Balaban J connectivity index is 1.37. The van der Waals surface area contributed by atoms with Crippen molar-refractivity contribution < 1.29 is 0 Å². The summed E-state index contributed by atoms with van der Waals surface area (Å²) in [6, 6.07) is 1.72. The third-order valence-corrected chi connectivity index (χ3v) is 4.52. The van der Waals surface area contributed by atoms with Crippen molar-refractivity contribution in [1.82, 2.24) is 10.6 Å². The van der Waals surface area contributed by atoms with Crippen molar-refractivity contribution in [3.63, 3.8) is 0 Å². The molecule has 2 bridgehead atoms. The van der Waals surface area contributed by atoms with Crippen LogP contribution in [-0.4, -0.2) is 25.2 Å². The highest BCUT2D eigenvalue weighted by Crippen LogP contribution is 2.37. The minimum absolute atomic E-state index is 0.851. The molecule has 5 atom stereocenters. The maximum absolute atomic E-state index is 3.70. The molecule has 0 spiro atoms. The molecule has 5 unspecified atom stereocenters. The van der Waals surface area contributed by atoms with E-state index in [4.69, 9.17) is 0 Å². The number of fused-ring (bicyclic) bond motifs is 2. The molecule has 0 aromatic heterocycles. The van der Waals surface area contributed by atoms with Gasteiger partial charge in [-0.05, 0) is 56.5 Å². The lowest BCUT2D eigenvalue weighted by atomic mass is 9.89. The van der Waals surface area contributed by atoms with Crippen LogP contribution in [0.3, 0.4) is 0 Å². The topological polar surface area (TPSA) is 24.1 Å². The molecule has 2 saturated heterocycles. The van der Waals surface area contributed by atoms with E-state index in [9.17, 15) is 0 Å². The SMILES string of the molecule is CC1CC1CNCC1CC2CCC1N2. The first-order valence-electron chi connectivity index (χ1n) is 6.29. The van der Waals surface area contributed by atoms with E-state index in [-0.39, 0.29) is 0 Å². The van der Waals surface area contributed by atoms with E-state index in [1.807, 2.05) is 0 Å². The van der Waals surface area contributed by atoms with Gasteiger partial charge in [0.25, 0.3) is 0 Å². The lowest BCUT2D eigenvalue weighted by Gasteiger charge is -2.20. The largest absolute Gasteiger partial charge is 0.316 e. The Hall–Kier alpha value is -0.0800. The van der Waals surface area contributed by atoms with Crippen molar-refractivity contribution >= 4 is 0 Å². The number of nitrogens with one attached hydrogen (secondary N) is 2. The van der Waals surface area contributed by atoms with Crippen molar-refractivity contribution in [3.8, 4) is 0 Å². The number of rotatable bonds is 4. The van der Waals surface area contributed by atoms with Gasteiger partial charge in [0.15, 0.2) is 0 Å². The van der Waals surface area contributed by atoms with Crippen LogP contribution in [0.4, 0.5) is 0 Å². The second-order valence-corrected chi connectivity index (χ2v) is 5.67. The molecule has 1 aliphatic carbocycles. The van der Waals surface area contributed by atoms with Gasteiger partial charge in [0, 0.05) is 12.1 Å². The smallest absolute Gasteiger partial charge is 0.0111 e. The Bertz CT molecular complexity index is 216. The fourth-order valence-corrected chi connectivity index (χ4v) is 3.30. The highest BCUT2D eigenvalue weighted by atomic mass is 15.0. The molecule has 3 fully saturated rings. The molecule has 0 radical (unpaired) electrons.